The molecule has 0 aliphatic rings. The summed E-state index contributed by atoms with van der Waals surface area (Å²) >= 11 is 0. The van der Waals surface area contributed by atoms with Crippen molar-refractivity contribution in [2.75, 3.05) is 0 Å². The van der Waals surface area contributed by atoms with Crippen LogP contribution in [0.5, 0.6) is 0 Å². The Kier molecular flexibility index (Phi) is 4.83. The average Bonchev–Trinajstić information content (AvgIpc) is 2.48. The van der Waals surface area contributed by atoms with Gasteiger partial charge >= 0.3 is 0 Å². The molecule has 0 spiro atoms. The molecule has 2 aromatic carbocycles. The lowest BCUT2D eigenvalue weighted by Crippen LogP contribution is -2.04. The standard InChI is InChI=1S/C18H18O2/c1-2-6-17(19)13-14-9-11-16(12-10-14)18(20)15-7-4-3-5-8-15/h3-5,7-12H,2,6,13H2,1H3. The molecule has 0 atom stereocenters. The Morgan fingerprint density at radius 2 is 1.45 bits per heavy atom. The van der Waals surface area contributed by atoms with Crippen LogP contribution >= 0.6 is 0 Å². The van der Waals surface area contributed by atoms with Gasteiger partial charge in [-0.05, 0) is 12.0 Å². The SMILES string of the molecule is CCCC(=O)Cc1ccc(C(=O)c2ccccc2)cc1. The Balaban J connectivity index is 2.08. The van der Waals surface area contributed by atoms with Crippen LogP contribution in [0, 0.1) is 0 Å². The summed E-state index contributed by atoms with van der Waals surface area (Å²) in [4.78, 5) is 23.8. The van der Waals surface area contributed by atoms with Gasteiger partial charge in [-0.1, -0.05) is 61.5 Å². The topological polar surface area (TPSA) is 34.1 Å². The molecule has 0 aromatic heterocycles. The highest BCUT2D eigenvalue weighted by molar-refractivity contribution is 6.08. The predicted molar refractivity (Wildman–Crippen MR) is 79.9 cm³/mol. The molecule has 20 heavy (non-hydrogen) atoms. The van der Waals surface area contributed by atoms with Crippen molar-refractivity contribution < 1.29 is 9.59 Å². The molecule has 102 valence electrons. The van der Waals surface area contributed by atoms with E-state index in [1.807, 2.05) is 37.3 Å². The minimum absolute atomic E-state index is 0.0111. The number of carbonyl (C=O) groups excluding carboxylic acids is 2. The van der Waals surface area contributed by atoms with Gasteiger partial charge in [0, 0.05) is 24.0 Å². The Labute approximate surface area is 119 Å². The first kappa shape index (κ1) is 14.2. The van der Waals surface area contributed by atoms with Crippen LogP contribution in [0.4, 0.5) is 0 Å². The van der Waals surface area contributed by atoms with Crippen LogP contribution in [0.15, 0.2) is 54.6 Å². The molecule has 2 nitrogen and oxygen atoms in total. The molecule has 0 bridgehead atoms. The molecule has 0 aliphatic heterocycles. The van der Waals surface area contributed by atoms with E-state index in [9.17, 15) is 9.59 Å². The highest BCUT2D eigenvalue weighted by Crippen LogP contribution is 2.12. The third-order valence-corrected chi connectivity index (χ3v) is 3.18. The zero-order valence-corrected chi connectivity index (χ0v) is 11.6. The summed E-state index contributed by atoms with van der Waals surface area (Å²) in [5.74, 6) is 0.256. The molecule has 0 fully saturated rings. The molecule has 0 unspecified atom stereocenters. The van der Waals surface area contributed by atoms with Crippen molar-refractivity contribution in [1.82, 2.24) is 0 Å². The number of carbonyl (C=O) groups is 2. The molecular formula is C18H18O2. The highest BCUT2D eigenvalue weighted by atomic mass is 16.1. The second-order valence-electron chi connectivity index (χ2n) is 4.86. The van der Waals surface area contributed by atoms with Crippen LogP contribution in [-0.2, 0) is 11.2 Å². The number of hydrogen-bond acceptors (Lipinski definition) is 2. The van der Waals surface area contributed by atoms with E-state index in [1.165, 1.54) is 0 Å². The third kappa shape index (κ3) is 3.64. The van der Waals surface area contributed by atoms with Gasteiger partial charge < -0.3 is 0 Å². The summed E-state index contributed by atoms with van der Waals surface area (Å²) in [7, 11) is 0. The number of hydrogen-bond donors (Lipinski definition) is 0. The molecule has 0 amide bonds. The second kappa shape index (κ2) is 6.80. The van der Waals surface area contributed by atoms with Gasteiger partial charge in [-0.3, -0.25) is 9.59 Å². The summed E-state index contributed by atoms with van der Waals surface area (Å²) in [5, 5.41) is 0. The fraction of sp³-hybridized carbons (Fsp3) is 0.222. The van der Waals surface area contributed by atoms with Gasteiger partial charge in [0.2, 0.25) is 0 Å². The van der Waals surface area contributed by atoms with E-state index in [-0.39, 0.29) is 11.6 Å². The molecule has 0 saturated carbocycles. The van der Waals surface area contributed by atoms with E-state index in [0.717, 1.165) is 12.0 Å². The van der Waals surface area contributed by atoms with Crippen molar-refractivity contribution in [1.29, 1.82) is 0 Å². The van der Waals surface area contributed by atoms with Gasteiger partial charge in [-0.15, -0.1) is 0 Å². The molecule has 2 heteroatoms. The quantitative estimate of drug-likeness (QED) is 0.745. The van der Waals surface area contributed by atoms with E-state index >= 15 is 0 Å². The van der Waals surface area contributed by atoms with Crippen molar-refractivity contribution in [3.63, 3.8) is 0 Å². The van der Waals surface area contributed by atoms with Crippen molar-refractivity contribution in [3.8, 4) is 0 Å². The summed E-state index contributed by atoms with van der Waals surface area (Å²) in [5.41, 5.74) is 2.30. The maximum atomic E-state index is 12.2. The van der Waals surface area contributed by atoms with E-state index in [1.54, 1.807) is 24.3 Å². The maximum absolute atomic E-state index is 12.2. The number of benzene rings is 2. The van der Waals surface area contributed by atoms with Gasteiger partial charge in [0.05, 0.1) is 0 Å². The first-order valence-electron chi connectivity index (χ1n) is 6.91. The molecule has 0 N–H and O–H groups in total. The molecule has 2 rings (SSSR count). The minimum atomic E-state index is 0.0111. The summed E-state index contributed by atoms with van der Waals surface area (Å²) in [6.45, 7) is 2.00. The Bertz CT molecular complexity index is 583. The second-order valence-corrected chi connectivity index (χ2v) is 4.86. The molecule has 2 aromatic rings. The largest absolute Gasteiger partial charge is 0.299 e. The molecule has 0 saturated heterocycles. The Morgan fingerprint density at radius 3 is 2.05 bits per heavy atom. The van der Waals surface area contributed by atoms with Crippen molar-refractivity contribution in [3.05, 3.63) is 71.3 Å². The molecular weight excluding hydrogens is 248 g/mol. The number of Topliss-reactive ketones (excluding diaryl/α,β-unsaturated/α-hetero) is 1. The smallest absolute Gasteiger partial charge is 0.193 e. The third-order valence-electron chi connectivity index (χ3n) is 3.18. The van der Waals surface area contributed by atoms with Crippen LogP contribution in [0.2, 0.25) is 0 Å². The molecule has 0 heterocycles. The van der Waals surface area contributed by atoms with Gasteiger partial charge in [0.1, 0.15) is 5.78 Å². The van der Waals surface area contributed by atoms with E-state index in [2.05, 4.69) is 0 Å². The zero-order chi connectivity index (χ0) is 14.4. The maximum Gasteiger partial charge on any atom is 0.193 e. The van der Waals surface area contributed by atoms with Crippen molar-refractivity contribution in [2.45, 2.75) is 26.2 Å². The summed E-state index contributed by atoms with van der Waals surface area (Å²) in [6, 6.07) is 16.5. The first-order chi connectivity index (χ1) is 9.70. The van der Waals surface area contributed by atoms with Crippen LogP contribution in [0.25, 0.3) is 0 Å². The summed E-state index contributed by atoms with van der Waals surface area (Å²) in [6.07, 6.45) is 1.95. The predicted octanol–water partition coefficient (Wildman–Crippen LogP) is 3.83. The molecule has 0 aliphatic carbocycles. The highest BCUT2D eigenvalue weighted by Gasteiger charge is 2.09. The fourth-order valence-electron chi connectivity index (χ4n) is 2.13. The average molecular weight is 266 g/mol. The fourth-order valence-corrected chi connectivity index (χ4v) is 2.13. The van der Waals surface area contributed by atoms with Gasteiger partial charge in [-0.2, -0.15) is 0 Å². The van der Waals surface area contributed by atoms with E-state index in [4.69, 9.17) is 0 Å². The lowest BCUT2D eigenvalue weighted by Gasteiger charge is -2.03. The van der Waals surface area contributed by atoms with E-state index < -0.39 is 0 Å². The zero-order valence-electron chi connectivity index (χ0n) is 11.6. The van der Waals surface area contributed by atoms with Crippen LogP contribution in [0.3, 0.4) is 0 Å². The van der Waals surface area contributed by atoms with E-state index in [0.29, 0.717) is 24.0 Å². The summed E-state index contributed by atoms with van der Waals surface area (Å²) < 4.78 is 0. The molecule has 0 radical (unpaired) electrons. The Morgan fingerprint density at radius 1 is 0.850 bits per heavy atom. The first-order valence-corrected chi connectivity index (χ1v) is 6.91. The lowest BCUT2D eigenvalue weighted by molar-refractivity contribution is -0.118. The monoisotopic (exact) mass is 266 g/mol. The Hall–Kier alpha value is -2.22. The lowest BCUT2D eigenvalue weighted by atomic mass is 10.00. The number of ketones is 2. The normalized spacial score (nSPS) is 10.2. The van der Waals surface area contributed by atoms with Gasteiger partial charge in [0.25, 0.3) is 0 Å². The van der Waals surface area contributed by atoms with Crippen molar-refractivity contribution in [2.24, 2.45) is 0 Å². The minimum Gasteiger partial charge on any atom is -0.299 e. The van der Waals surface area contributed by atoms with Gasteiger partial charge in [-0.25, -0.2) is 0 Å². The number of rotatable bonds is 6. The van der Waals surface area contributed by atoms with Crippen molar-refractivity contribution >= 4 is 11.6 Å². The van der Waals surface area contributed by atoms with Crippen LogP contribution in [0.1, 0.15) is 41.3 Å². The van der Waals surface area contributed by atoms with Gasteiger partial charge in [0.15, 0.2) is 5.78 Å². The van der Waals surface area contributed by atoms with Crippen LogP contribution < -0.4 is 0 Å². The van der Waals surface area contributed by atoms with Crippen LogP contribution in [-0.4, -0.2) is 11.6 Å².